The van der Waals surface area contributed by atoms with E-state index in [4.69, 9.17) is 18.9 Å². The van der Waals surface area contributed by atoms with Crippen molar-refractivity contribution in [2.24, 2.45) is 0 Å². The molecule has 0 amide bonds. The maximum absolute atomic E-state index is 11.6. The van der Waals surface area contributed by atoms with Gasteiger partial charge in [0.2, 0.25) is 0 Å². The van der Waals surface area contributed by atoms with E-state index in [-0.39, 0.29) is 17.3 Å². The maximum Gasteiger partial charge on any atom is 0.159 e. The number of carbonyl (C=O) groups is 1. The number of rotatable bonds is 15. The quantitative estimate of drug-likeness (QED) is 0.0772. The Morgan fingerprint density at radius 1 is 0.721 bits per heavy atom. The van der Waals surface area contributed by atoms with Crippen LogP contribution in [0.5, 0.6) is 23.0 Å². The highest BCUT2D eigenvalue weighted by Gasteiger charge is 2.25. The first-order chi connectivity index (χ1) is 20.7. The second kappa shape index (κ2) is 15.5. The van der Waals surface area contributed by atoms with E-state index in [1.54, 1.807) is 30.8 Å². The van der Waals surface area contributed by atoms with Gasteiger partial charge in [0.1, 0.15) is 42.3 Å². The summed E-state index contributed by atoms with van der Waals surface area (Å²) < 4.78 is 24.7. The van der Waals surface area contributed by atoms with Gasteiger partial charge in [0.05, 0.1) is 6.61 Å². The fourth-order valence-corrected chi connectivity index (χ4v) is 5.17. The van der Waals surface area contributed by atoms with Crippen molar-refractivity contribution < 1.29 is 23.7 Å². The molecule has 0 saturated carbocycles. The third-order valence-corrected chi connectivity index (χ3v) is 7.76. The first kappa shape index (κ1) is 32.0. The minimum atomic E-state index is -0.199. The minimum Gasteiger partial charge on any atom is -0.494 e. The third kappa shape index (κ3) is 9.82. The van der Waals surface area contributed by atoms with Gasteiger partial charge in [-0.05, 0) is 115 Å². The summed E-state index contributed by atoms with van der Waals surface area (Å²) in [7, 11) is 0. The Morgan fingerprint density at radius 3 is 1.91 bits per heavy atom. The van der Waals surface area contributed by atoms with Crippen LogP contribution in [0.4, 0.5) is 0 Å². The third-order valence-electron chi connectivity index (χ3n) is 7.02. The van der Waals surface area contributed by atoms with E-state index in [1.807, 2.05) is 60.7 Å². The minimum absolute atomic E-state index is 0.0433. The molecule has 0 bridgehead atoms. The van der Waals surface area contributed by atoms with Crippen LogP contribution in [0.15, 0.2) is 102 Å². The van der Waals surface area contributed by atoms with Gasteiger partial charge in [0.25, 0.3) is 0 Å². The molecular weight excluding hydrogens is 556 g/mol. The lowest BCUT2D eigenvalue weighted by atomic mass is 9.81. The number of Topliss-reactive ketones (excluding diaryl/α,β-unsaturated/α-hetero) is 1. The van der Waals surface area contributed by atoms with Crippen molar-refractivity contribution >= 4 is 17.5 Å². The standard InChI is InChI=1S/C37H42O5S/c1-27(38)28-13-15-29(16-14-28)39-23-9-12-36(42-31-10-7-6-8-11-31)34-26-32(19-22-35(34)37(2,3)4)41-25-24-40-30-17-20-33(43-5)21-18-30/h6-8,10-11,13-22,26,36H,9,12,23-25H2,1-5H3. The van der Waals surface area contributed by atoms with Gasteiger partial charge in [-0.2, -0.15) is 0 Å². The molecule has 0 fully saturated rings. The summed E-state index contributed by atoms with van der Waals surface area (Å²) in [4.78, 5) is 12.8. The van der Waals surface area contributed by atoms with Crippen molar-refractivity contribution in [2.75, 3.05) is 26.1 Å². The molecule has 1 atom stereocenters. The number of benzene rings is 4. The van der Waals surface area contributed by atoms with Crippen LogP contribution in [-0.4, -0.2) is 31.9 Å². The molecule has 0 aromatic heterocycles. The fourth-order valence-electron chi connectivity index (χ4n) is 4.76. The first-order valence-corrected chi connectivity index (χ1v) is 15.9. The van der Waals surface area contributed by atoms with Gasteiger partial charge in [-0.25, -0.2) is 0 Å². The summed E-state index contributed by atoms with van der Waals surface area (Å²) >= 11 is 1.71. The van der Waals surface area contributed by atoms with Gasteiger partial charge in [-0.15, -0.1) is 11.8 Å². The lowest BCUT2D eigenvalue weighted by Gasteiger charge is -2.29. The van der Waals surface area contributed by atoms with Crippen molar-refractivity contribution in [1.29, 1.82) is 0 Å². The van der Waals surface area contributed by atoms with Crippen molar-refractivity contribution in [3.63, 3.8) is 0 Å². The lowest BCUT2D eigenvalue weighted by molar-refractivity contribution is 0.101. The van der Waals surface area contributed by atoms with Crippen LogP contribution in [-0.2, 0) is 5.41 Å². The molecule has 0 aliphatic heterocycles. The first-order valence-electron chi connectivity index (χ1n) is 14.7. The number of ketones is 1. The molecular formula is C37H42O5S. The Morgan fingerprint density at radius 2 is 1.30 bits per heavy atom. The van der Waals surface area contributed by atoms with Crippen LogP contribution in [0.1, 0.15) is 68.1 Å². The molecule has 5 nitrogen and oxygen atoms in total. The molecule has 0 heterocycles. The zero-order valence-electron chi connectivity index (χ0n) is 25.8. The van der Waals surface area contributed by atoms with Crippen molar-refractivity contribution in [2.45, 2.75) is 57.0 Å². The average molecular weight is 599 g/mol. The van der Waals surface area contributed by atoms with E-state index in [2.05, 4.69) is 51.3 Å². The summed E-state index contributed by atoms with van der Waals surface area (Å²) in [5.74, 6) is 3.23. The highest BCUT2D eigenvalue weighted by Crippen LogP contribution is 2.37. The second-order valence-electron chi connectivity index (χ2n) is 11.4. The van der Waals surface area contributed by atoms with Crippen molar-refractivity contribution in [3.8, 4) is 23.0 Å². The molecule has 0 radical (unpaired) electrons. The van der Waals surface area contributed by atoms with E-state index in [9.17, 15) is 4.79 Å². The molecule has 43 heavy (non-hydrogen) atoms. The number of hydrogen-bond donors (Lipinski definition) is 0. The van der Waals surface area contributed by atoms with Crippen LogP contribution in [0, 0.1) is 0 Å². The molecule has 1 unspecified atom stereocenters. The van der Waals surface area contributed by atoms with Gasteiger partial charge in [0, 0.05) is 10.5 Å². The van der Waals surface area contributed by atoms with Gasteiger partial charge in [-0.1, -0.05) is 45.0 Å². The molecule has 4 aromatic rings. The number of para-hydroxylation sites is 1. The van der Waals surface area contributed by atoms with E-state index in [1.165, 1.54) is 10.5 Å². The molecule has 226 valence electrons. The molecule has 0 aliphatic rings. The predicted octanol–water partition coefficient (Wildman–Crippen LogP) is 9.35. The smallest absolute Gasteiger partial charge is 0.159 e. The summed E-state index contributed by atoms with van der Waals surface area (Å²) in [6, 6.07) is 31.6. The molecule has 4 aromatic carbocycles. The zero-order chi connectivity index (χ0) is 30.7. The van der Waals surface area contributed by atoms with Crippen molar-refractivity contribution in [3.05, 3.63) is 114 Å². The number of thioether (sulfide) groups is 1. The predicted molar refractivity (Wildman–Crippen MR) is 175 cm³/mol. The molecule has 0 saturated heterocycles. The summed E-state index contributed by atoms with van der Waals surface area (Å²) in [5.41, 5.74) is 2.91. The Kier molecular flexibility index (Phi) is 11.6. The highest BCUT2D eigenvalue weighted by molar-refractivity contribution is 7.98. The molecule has 0 aliphatic carbocycles. The topological polar surface area (TPSA) is 54.0 Å². The van der Waals surface area contributed by atoms with Crippen LogP contribution < -0.4 is 18.9 Å². The van der Waals surface area contributed by atoms with Gasteiger partial charge < -0.3 is 18.9 Å². The Bertz CT molecular complexity index is 1430. The highest BCUT2D eigenvalue weighted by atomic mass is 32.2. The van der Waals surface area contributed by atoms with Crippen LogP contribution in [0.25, 0.3) is 0 Å². The van der Waals surface area contributed by atoms with E-state index in [0.29, 0.717) is 25.4 Å². The molecule has 0 N–H and O–H groups in total. The number of carbonyl (C=O) groups excluding carboxylic acids is 1. The monoisotopic (exact) mass is 598 g/mol. The SMILES string of the molecule is CSc1ccc(OCCOc2ccc(C(C)(C)C)c(C(CCCOc3ccc(C(C)=O)cc3)Oc3ccccc3)c2)cc1. The average Bonchev–Trinajstić information content (AvgIpc) is 3.01. The summed E-state index contributed by atoms with van der Waals surface area (Å²) in [6.07, 6.45) is 3.39. The fraction of sp³-hybridized carbons (Fsp3) is 0.324. The van der Waals surface area contributed by atoms with Gasteiger partial charge in [-0.3, -0.25) is 4.79 Å². The summed E-state index contributed by atoms with van der Waals surface area (Å²) in [6.45, 7) is 9.63. The van der Waals surface area contributed by atoms with Crippen LogP contribution >= 0.6 is 11.8 Å². The zero-order valence-corrected chi connectivity index (χ0v) is 26.6. The van der Waals surface area contributed by atoms with E-state index in [0.717, 1.165) is 41.4 Å². The number of hydrogen-bond acceptors (Lipinski definition) is 6. The van der Waals surface area contributed by atoms with E-state index < -0.39 is 0 Å². The Labute approximate surface area is 260 Å². The molecule has 6 heteroatoms. The Balaban J connectivity index is 1.46. The Hall–Kier alpha value is -3.90. The molecule has 0 spiro atoms. The second-order valence-corrected chi connectivity index (χ2v) is 12.2. The summed E-state index contributed by atoms with van der Waals surface area (Å²) in [5, 5.41) is 0. The maximum atomic E-state index is 11.6. The van der Waals surface area contributed by atoms with Gasteiger partial charge >= 0.3 is 0 Å². The van der Waals surface area contributed by atoms with Gasteiger partial charge in [0.15, 0.2) is 5.78 Å². The lowest BCUT2D eigenvalue weighted by Crippen LogP contribution is -2.20. The van der Waals surface area contributed by atoms with Crippen molar-refractivity contribution in [1.82, 2.24) is 0 Å². The number of ether oxygens (including phenoxy) is 4. The molecule has 4 rings (SSSR count). The normalized spacial score (nSPS) is 11.9. The largest absolute Gasteiger partial charge is 0.494 e. The van der Waals surface area contributed by atoms with Crippen LogP contribution in [0.2, 0.25) is 0 Å². The van der Waals surface area contributed by atoms with Crippen LogP contribution in [0.3, 0.4) is 0 Å². The van der Waals surface area contributed by atoms with E-state index >= 15 is 0 Å².